The summed E-state index contributed by atoms with van der Waals surface area (Å²) in [6.45, 7) is 6.23. The second-order valence-corrected chi connectivity index (χ2v) is 7.06. The first kappa shape index (κ1) is 21.7. The van der Waals surface area contributed by atoms with Gasteiger partial charge >= 0.3 is 5.97 Å². The molecule has 0 unspecified atom stereocenters. The minimum Gasteiger partial charge on any atom is -0.481 e. The van der Waals surface area contributed by atoms with Gasteiger partial charge in [-0.15, -0.1) is 0 Å². The van der Waals surface area contributed by atoms with Gasteiger partial charge in [0.25, 0.3) is 0 Å². The lowest BCUT2D eigenvalue weighted by Gasteiger charge is -2.18. The molecule has 1 aliphatic carbocycles. The van der Waals surface area contributed by atoms with Crippen molar-refractivity contribution >= 4 is 5.97 Å². The molecular weight excluding hydrogens is 316 g/mol. The number of aliphatic hydroxyl groups is 2. The molecule has 1 rings (SSSR count). The predicted octanol–water partition coefficient (Wildman–Crippen LogP) is 4.24. The van der Waals surface area contributed by atoms with E-state index in [4.69, 9.17) is 5.11 Å². The zero-order valence-electron chi connectivity index (χ0n) is 15.4. The lowest BCUT2D eigenvalue weighted by molar-refractivity contribution is -0.137. The first-order valence-electron chi connectivity index (χ1n) is 9.54. The summed E-state index contributed by atoms with van der Waals surface area (Å²) in [5.41, 5.74) is 1.02. The van der Waals surface area contributed by atoms with Gasteiger partial charge in [0.2, 0.25) is 0 Å². The Morgan fingerprint density at radius 1 is 1.32 bits per heavy atom. The molecule has 0 bridgehead atoms. The Kier molecular flexibility index (Phi) is 10.4. The largest absolute Gasteiger partial charge is 0.481 e. The van der Waals surface area contributed by atoms with Crippen molar-refractivity contribution in [1.29, 1.82) is 0 Å². The Hall–Kier alpha value is -1.39. The second-order valence-electron chi connectivity index (χ2n) is 7.06. The zero-order chi connectivity index (χ0) is 18.7. The first-order chi connectivity index (χ1) is 12.0. The zero-order valence-corrected chi connectivity index (χ0v) is 15.4. The summed E-state index contributed by atoms with van der Waals surface area (Å²) in [4.78, 5) is 10.5. The molecular formula is C21H34O4. The number of hydrogen-bond donors (Lipinski definition) is 3. The van der Waals surface area contributed by atoms with Crippen LogP contribution in [0.4, 0.5) is 0 Å². The highest BCUT2D eigenvalue weighted by atomic mass is 16.4. The van der Waals surface area contributed by atoms with Crippen molar-refractivity contribution in [3.05, 3.63) is 36.5 Å². The third-order valence-electron chi connectivity index (χ3n) is 4.88. The van der Waals surface area contributed by atoms with Crippen LogP contribution in [0.1, 0.15) is 64.7 Å². The predicted molar refractivity (Wildman–Crippen MR) is 101 cm³/mol. The van der Waals surface area contributed by atoms with Crippen molar-refractivity contribution in [2.45, 2.75) is 76.9 Å². The van der Waals surface area contributed by atoms with Gasteiger partial charge in [-0.05, 0) is 38.0 Å². The number of carboxylic acid groups (broad SMARTS) is 1. The molecule has 3 N–H and O–H groups in total. The normalized spacial score (nSPS) is 25.2. The molecule has 0 aliphatic heterocycles. The topological polar surface area (TPSA) is 77.8 Å². The molecule has 0 amide bonds. The van der Waals surface area contributed by atoms with E-state index in [9.17, 15) is 15.0 Å². The lowest BCUT2D eigenvalue weighted by atomic mass is 9.89. The Morgan fingerprint density at radius 3 is 2.76 bits per heavy atom. The van der Waals surface area contributed by atoms with Crippen molar-refractivity contribution in [1.82, 2.24) is 0 Å². The number of aliphatic hydroxyl groups excluding tert-OH is 2. The molecule has 4 atom stereocenters. The van der Waals surface area contributed by atoms with E-state index in [1.807, 2.05) is 24.3 Å². The summed E-state index contributed by atoms with van der Waals surface area (Å²) < 4.78 is 0. The molecule has 0 radical (unpaired) electrons. The maximum atomic E-state index is 10.5. The van der Waals surface area contributed by atoms with Crippen molar-refractivity contribution < 1.29 is 20.1 Å². The molecule has 0 aromatic carbocycles. The Morgan fingerprint density at radius 2 is 2.08 bits per heavy atom. The molecule has 142 valence electrons. The highest BCUT2D eigenvalue weighted by Gasteiger charge is 2.35. The van der Waals surface area contributed by atoms with Gasteiger partial charge in [-0.2, -0.15) is 0 Å². The maximum Gasteiger partial charge on any atom is 0.303 e. The van der Waals surface area contributed by atoms with Crippen LogP contribution in [-0.2, 0) is 4.79 Å². The minimum atomic E-state index is -0.765. The highest BCUT2D eigenvalue weighted by Crippen LogP contribution is 2.39. The quantitative estimate of drug-likeness (QED) is 0.363. The summed E-state index contributed by atoms with van der Waals surface area (Å²) in [5, 5.41) is 28.9. The van der Waals surface area contributed by atoms with Crippen LogP contribution < -0.4 is 0 Å². The van der Waals surface area contributed by atoms with Crippen molar-refractivity contribution in [2.24, 2.45) is 11.8 Å². The molecule has 1 saturated carbocycles. The fraction of sp³-hybridized carbons (Fsp3) is 0.667. The van der Waals surface area contributed by atoms with Crippen molar-refractivity contribution in [3.8, 4) is 0 Å². The van der Waals surface area contributed by atoms with E-state index in [1.54, 1.807) is 0 Å². The number of carbonyl (C=O) groups is 1. The fourth-order valence-electron chi connectivity index (χ4n) is 3.37. The number of aliphatic carboxylic acids is 1. The van der Waals surface area contributed by atoms with E-state index in [1.165, 1.54) is 0 Å². The fourth-order valence-corrected chi connectivity index (χ4v) is 3.37. The van der Waals surface area contributed by atoms with Gasteiger partial charge < -0.3 is 15.3 Å². The van der Waals surface area contributed by atoms with Gasteiger partial charge in [0.15, 0.2) is 0 Å². The monoisotopic (exact) mass is 350 g/mol. The third-order valence-corrected chi connectivity index (χ3v) is 4.88. The van der Waals surface area contributed by atoms with E-state index >= 15 is 0 Å². The van der Waals surface area contributed by atoms with E-state index in [-0.39, 0.29) is 18.3 Å². The first-order valence-corrected chi connectivity index (χ1v) is 9.54. The van der Waals surface area contributed by atoms with Crippen molar-refractivity contribution in [3.63, 3.8) is 0 Å². The molecule has 0 aromatic heterocycles. The van der Waals surface area contributed by atoms with E-state index in [0.717, 1.165) is 44.1 Å². The van der Waals surface area contributed by atoms with Crippen molar-refractivity contribution in [2.75, 3.05) is 0 Å². The van der Waals surface area contributed by atoms with Gasteiger partial charge in [0, 0.05) is 12.3 Å². The molecule has 1 aliphatic rings. The van der Waals surface area contributed by atoms with E-state index in [2.05, 4.69) is 13.5 Å². The summed E-state index contributed by atoms with van der Waals surface area (Å²) >= 11 is 0. The Labute approximate surface area is 152 Å². The minimum absolute atomic E-state index is 0.0855. The summed E-state index contributed by atoms with van der Waals surface area (Å²) in [6.07, 6.45) is 14.1. The van der Waals surface area contributed by atoms with Crippen LogP contribution in [-0.4, -0.2) is 33.5 Å². The van der Waals surface area contributed by atoms with Gasteiger partial charge in [-0.3, -0.25) is 4.79 Å². The molecule has 0 heterocycles. The second kappa shape index (κ2) is 12.0. The number of unbranched alkanes of at least 4 members (excludes halogenated alkanes) is 3. The average molecular weight is 350 g/mol. The van der Waals surface area contributed by atoms with Crippen LogP contribution >= 0.6 is 0 Å². The van der Waals surface area contributed by atoms with Crippen LogP contribution in [0.3, 0.4) is 0 Å². The lowest BCUT2D eigenvalue weighted by Crippen LogP contribution is -2.18. The van der Waals surface area contributed by atoms with E-state index < -0.39 is 18.2 Å². The molecule has 0 saturated heterocycles. The molecule has 4 nitrogen and oxygen atoms in total. The summed E-state index contributed by atoms with van der Waals surface area (Å²) in [6, 6.07) is 0. The van der Waals surface area contributed by atoms with Crippen LogP contribution in [0.2, 0.25) is 0 Å². The van der Waals surface area contributed by atoms with Gasteiger partial charge in [0.1, 0.15) is 0 Å². The number of carboxylic acids is 1. The Balaban J connectivity index is 2.48. The van der Waals surface area contributed by atoms with Crippen LogP contribution in [0, 0.1) is 11.8 Å². The van der Waals surface area contributed by atoms with Gasteiger partial charge in [-0.1, -0.05) is 62.6 Å². The summed E-state index contributed by atoms with van der Waals surface area (Å²) in [7, 11) is 0. The molecule has 25 heavy (non-hydrogen) atoms. The highest BCUT2D eigenvalue weighted by molar-refractivity contribution is 5.66. The van der Waals surface area contributed by atoms with Crippen LogP contribution in [0.5, 0.6) is 0 Å². The van der Waals surface area contributed by atoms with Gasteiger partial charge in [-0.25, -0.2) is 0 Å². The molecule has 0 spiro atoms. The van der Waals surface area contributed by atoms with E-state index in [0.29, 0.717) is 12.8 Å². The number of hydrogen-bond acceptors (Lipinski definition) is 3. The van der Waals surface area contributed by atoms with Gasteiger partial charge in [0.05, 0.1) is 12.2 Å². The average Bonchev–Trinajstić information content (AvgIpc) is 2.82. The Bertz CT molecular complexity index is 467. The van der Waals surface area contributed by atoms with Crippen LogP contribution in [0.25, 0.3) is 0 Å². The standard InChI is InChI=1S/C21H34O4/c1-3-4-7-10-17(22)13-14-18-16(2)15-20(23)19(18)11-8-5-6-9-12-21(24)25/h5,8,13-14,17-20,22-23H,2-4,6-7,9-12,15H2,1H3,(H,24,25)/b8-5+,14-13+/t17-,18-,19+,20-/m0/s1. The SMILES string of the molecule is C=C1C[C@H](O)[C@H](C/C=C/CCCC(=O)O)[C@H]1/C=C/[C@@H](O)CCCCC. The maximum absolute atomic E-state index is 10.5. The van der Waals surface area contributed by atoms with Crippen LogP contribution in [0.15, 0.2) is 36.5 Å². The summed E-state index contributed by atoms with van der Waals surface area (Å²) in [5.74, 6) is -0.583. The number of allylic oxidation sites excluding steroid dienone is 3. The smallest absolute Gasteiger partial charge is 0.303 e. The molecule has 1 fully saturated rings. The molecule has 0 aromatic rings. The molecule has 4 heteroatoms. The number of rotatable bonds is 12. The third kappa shape index (κ3) is 8.50.